The van der Waals surface area contributed by atoms with Crippen LogP contribution in [-0.2, 0) is 9.53 Å². The van der Waals surface area contributed by atoms with E-state index < -0.39 is 29.4 Å². The van der Waals surface area contributed by atoms with E-state index in [1.54, 1.807) is 35.2 Å². The number of fused-ring (bicyclic) bond motifs is 3. The fraction of sp³-hybridized carbons (Fsp3) is 0.488. The van der Waals surface area contributed by atoms with Crippen LogP contribution in [0.5, 0.6) is 6.01 Å². The first-order valence-electron chi connectivity index (χ1n) is 19.2. The molecule has 8 rings (SSSR count). The highest BCUT2D eigenvalue weighted by Crippen LogP contribution is 2.42. The number of hydrogen-bond donors (Lipinski definition) is 0. The summed E-state index contributed by atoms with van der Waals surface area (Å²) in [6.07, 6.45) is 6.21. The molecule has 1 amide bonds. The van der Waals surface area contributed by atoms with Crippen LogP contribution in [0.1, 0.15) is 33.1 Å². The van der Waals surface area contributed by atoms with Crippen LogP contribution in [0.25, 0.3) is 37.8 Å². The standard InChI is InChI=1S/C41H44ClF3N8O3/c1-25-20-50(21-26(2)56-25)13-5-9-33(54)53-16-15-51(23-29(53)18-46-3)39-31-19-47-37(30-8-4-7-27-10-11-32(44)35(42)34(27)30)36(45)38(31)48-40(49-39)55-24-41-12-6-14-52(41)22-28(43)17-41/h4-5,7-11,19,25-26,28-29H,6,12-18,20-24H2,1-2H3/b9-5+/t25-,26-,28+,29-,41-/m0/s1. The van der Waals surface area contributed by atoms with Crippen LogP contribution in [0, 0.1) is 18.2 Å². The minimum absolute atomic E-state index is 0.0544. The molecule has 0 N–H and O–H groups in total. The van der Waals surface area contributed by atoms with E-state index >= 15 is 4.39 Å². The van der Waals surface area contributed by atoms with E-state index in [4.69, 9.17) is 32.6 Å². The number of hydrogen-bond acceptors (Lipinski definition) is 9. The summed E-state index contributed by atoms with van der Waals surface area (Å²) >= 11 is 6.44. The molecule has 0 bridgehead atoms. The second-order valence-corrected chi connectivity index (χ2v) is 15.9. The van der Waals surface area contributed by atoms with Crippen molar-refractivity contribution in [2.45, 2.75) is 63.1 Å². The zero-order valence-corrected chi connectivity index (χ0v) is 32.2. The highest BCUT2D eigenvalue weighted by atomic mass is 35.5. The lowest BCUT2D eigenvalue weighted by Gasteiger charge is -2.39. The minimum atomic E-state index is -0.963. The molecule has 294 valence electrons. The van der Waals surface area contributed by atoms with Gasteiger partial charge in [-0.3, -0.25) is 19.6 Å². The van der Waals surface area contributed by atoms with Crippen molar-refractivity contribution in [3.63, 3.8) is 0 Å². The quantitative estimate of drug-likeness (QED) is 0.143. The van der Waals surface area contributed by atoms with Gasteiger partial charge in [-0.2, -0.15) is 9.97 Å². The molecule has 56 heavy (non-hydrogen) atoms. The molecular weight excluding hydrogens is 745 g/mol. The van der Waals surface area contributed by atoms with Crippen LogP contribution in [0.4, 0.5) is 19.0 Å². The number of alkyl halides is 1. The van der Waals surface area contributed by atoms with Gasteiger partial charge in [0.25, 0.3) is 0 Å². The first-order chi connectivity index (χ1) is 27.0. The Balaban J connectivity index is 1.12. The number of benzene rings is 2. The SMILES string of the molecule is [C-]#[N+]C[C@H]1CN(c2nc(OC[C@@]34CCCN3C[C@H](F)C4)nc3c(F)c(-c4cccc5ccc(F)c(Cl)c45)ncc23)CCN1C(=O)/C=C/CN1C[C@H](C)O[C@@H](C)C1. The van der Waals surface area contributed by atoms with E-state index in [0.29, 0.717) is 60.1 Å². The average molecular weight is 789 g/mol. The zero-order chi connectivity index (χ0) is 39.1. The van der Waals surface area contributed by atoms with E-state index in [9.17, 15) is 13.6 Å². The van der Waals surface area contributed by atoms with Crippen molar-refractivity contribution in [1.82, 2.24) is 29.7 Å². The molecule has 0 aliphatic carbocycles. The fourth-order valence-electron chi connectivity index (χ4n) is 9.10. The Hall–Kier alpha value is -4.55. The molecule has 11 nitrogen and oxygen atoms in total. The summed E-state index contributed by atoms with van der Waals surface area (Å²) in [5.41, 5.74) is -0.339. The molecule has 4 aliphatic heterocycles. The molecule has 15 heteroatoms. The van der Waals surface area contributed by atoms with E-state index in [1.165, 1.54) is 12.3 Å². The summed E-state index contributed by atoms with van der Waals surface area (Å²) in [5, 5.41) is 1.09. The Morgan fingerprint density at radius 1 is 1.11 bits per heavy atom. The van der Waals surface area contributed by atoms with E-state index in [-0.39, 0.29) is 60.1 Å². The van der Waals surface area contributed by atoms with Gasteiger partial charge in [0, 0.05) is 75.5 Å². The maximum atomic E-state index is 17.0. The summed E-state index contributed by atoms with van der Waals surface area (Å²) < 4.78 is 58.4. The van der Waals surface area contributed by atoms with Crippen molar-refractivity contribution in [2.75, 3.05) is 70.4 Å². The van der Waals surface area contributed by atoms with E-state index in [0.717, 1.165) is 32.5 Å². The first-order valence-corrected chi connectivity index (χ1v) is 19.6. The average Bonchev–Trinajstić information content (AvgIpc) is 3.70. The molecule has 5 atom stereocenters. The largest absolute Gasteiger partial charge is 0.461 e. The lowest BCUT2D eigenvalue weighted by molar-refractivity contribution is -0.128. The minimum Gasteiger partial charge on any atom is -0.461 e. The van der Waals surface area contributed by atoms with E-state index in [1.807, 2.05) is 24.8 Å². The number of morpholine rings is 1. The van der Waals surface area contributed by atoms with Crippen LogP contribution in [0.2, 0.25) is 5.02 Å². The lowest BCUT2D eigenvalue weighted by atomic mass is 9.95. The number of pyridine rings is 1. The van der Waals surface area contributed by atoms with Gasteiger partial charge in [0.2, 0.25) is 12.5 Å². The Morgan fingerprint density at radius 3 is 2.73 bits per heavy atom. The number of ether oxygens (including phenoxy) is 2. The van der Waals surface area contributed by atoms with Crippen molar-refractivity contribution in [3.8, 4) is 17.3 Å². The Labute approximate surface area is 328 Å². The summed E-state index contributed by atoms with van der Waals surface area (Å²) in [4.78, 5) is 39.1. The van der Waals surface area contributed by atoms with Gasteiger partial charge in [-0.05, 0) is 44.7 Å². The Morgan fingerprint density at radius 2 is 1.93 bits per heavy atom. The van der Waals surface area contributed by atoms with Crippen molar-refractivity contribution in [3.05, 3.63) is 76.8 Å². The summed E-state index contributed by atoms with van der Waals surface area (Å²) in [7, 11) is 0. The smallest absolute Gasteiger partial charge is 0.319 e. The van der Waals surface area contributed by atoms with Crippen LogP contribution >= 0.6 is 11.6 Å². The van der Waals surface area contributed by atoms with Crippen molar-refractivity contribution >= 4 is 45.0 Å². The third-order valence-corrected chi connectivity index (χ3v) is 11.9. The fourth-order valence-corrected chi connectivity index (χ4v) is 9.37. The number of nitrogens with zero attached hydrogens (tertiary/aromatic N) is 8. The van der Waals surface area contributed by atoms with Gasteiger partial charge in [0.15, 0.2) is 5.82 Å². The van der Waals surface area contributed by atoms with Gasteiger partial charge in [0.05, 0.1) is 28.2 Å². The predicted octanol–water partition coefficient (Wildman–Crippen LogP) is 6.33. The normalized spacial score (nSPS) is 26.0. The Kier molecular flexibility index (Phi) is 10.8. The van der Waals surface area contributed by atoms with Gasteiger partial charge >= 0.3 is 6.01 Å². The van der Waals surface area contributed by atoms with E-state index in [2.05, 4.69) is 24.6 Å². The number of anilines is 1. The van der Waals surface area contributed by atoms with Crippen LogP contribution in [0.3, 0.4) is 0 Å². The molecule has 0 unspecified atom stereocenters. The summed E-state index contributed by atoms with van der Waals surface area (Å²) in [6.45, 7) is 16.1. The molecule has 0 radical (unpaired) electrons. The number of halogens is 4. The predicted molar refractivity (Wildman–Crippen MR) is 209 cm³/mol. The number of carbonyl (C=O) groups excluding carboxylic acids is 1. The van der Waals surface area contributed by atoms with Crippen LogP contribution < -0.4 is 9.64 Å². The molecule has 4 aliphatic rings. The van der Waals surface area contributed by atoms with Gasteiger partial charge < -0.3 is 24.1 Å². The topological polar surface area (TPSA) is 91.5 Å². The molecule has 2 aromatic carbocycles. The second kappa shape index (κ2) is 15.8. The van der Waals surface area contributed by atoms with Crippen LogP contribution in [0.15, 0.2) is 48.7 Å². The summed E-state index contributed by atoms with van der Waals surface area (Å²) in [5.74, 6) is -1.25. The third kappa shape index (κ3) is 7.38. The van der Waals surface area contributed by atoms with Crippen molar-refractivity contribution in [2.24, 2.45) is 0 Å². The molecular formula is C41H44ClF3N8O3. The van der Waals surface area contributed by atoms with Gasteiger partial charge in [-0.15, -0.1) is 0 Å². The molecule has 2 aromatic heterocycles. The van der Waals surface area contributed by atoms with Crippen LogP contribution in [-0.4, -0.2) is 131 Å². The number of amides is 1. The molecule has 0 saturated carbocycles. The Bertz CT molecular complexity index is 2210. The molecule has 0 spiro atoms. The molecule has 4 saturated heterocycles. The highest BCUT2D eigenvalue weighted by molar-refractivity contribution is 6.36. The zero-order valence-electron chi connectivity index (χ0n) is 31.4. The molecule has 4 fully saturated rings. The van der Waals surface area contributed by atoms with Gasteiger partial charge in [-0.1, -0.05) is 41.9 Å². The molecule has 6 heterocycles. The maximum Gasteiger partial charge on any atom is 0.319 e. The first kappa shape index (κ1) is 38.3. The number of piperazine rings is 1. The highest BCUT2D eigenvalue weighted by Gasteiger charge is 2.49. The number of carbonyl (C=O) groups is 1. The van der Waals surface area contributed by atoms with Crippen molar-refractivity contribution < 1.29 is 27.4 Å². The maximum absolute atomic E-state index is 17.0. The molecule has 4 aromatic rings. The monoisotopic (exact) mass is 788 g/mol. The second-order valence-electron chi connectivity index (χ2n) is 15.5. The van der Waals surface area contributed by atoms with Gasteiger partial charge in [-0.25, -0.2) is 19.7 Å². The van der Waals surface area contributed by atoms with Crippen molar-refractivity contribution in [1.29, 1.82) is 0 Å². The number of rotatable bonds is 9. The lowest BCUT2D eigenvalue weighted by Crippen LogP contribution is -2.56. The number of aromatic nitrogens is 3. The third-order valence-electron chi connectivity index (χ3n) is 11.6. The summed E-state index contributed by atoms with van der Waals surface area (Å²) in [6, 6.07) is 7.40. The van der Waals surface area contributed by atoms with Gasteiger partial charge in [0.1, 0.15) is 41.7 Å².